The van der Waals surface area contributed by atoms with Gasteiger partial charge in [0.1, 0.15) is 11.5 Å². The fourth-order valence-electron chi connectivity index (χ4n) is 2.00. The number of hydrogen-bond donors (Lipinski definition) is 2. The summed E-state index contributed by atoms with van der Waals surface area (Å²) in [7, 11) is 1.49. The van der Waals surface area contributed by atoms with E-state index in [-0.39, 0.29) is 29.9 Å². The van der Waals surface area contributed by atoms with Crippen molar-refractivity contribution in [2.75, 3.05) is 33.4 Å². The minimum atomic E-state index is -0.363. The molecule has 0 bridgehead atoms. The van der Waals surface area contributed by atoms with Crippen molar-refractivity contribution in [2.45, 2.75) is 6.10 Å². The van der Waals surface area contributed by atoms with Crippen LogP contribution in [-0.4, -0.2) is 60.5 Å². The Labute approximate surface area is 111 Å². The molecule has 1 aliphatic heterocycles. The molecule has 6 heteroatoms. The van der Waals surface area contributed by atoms with E-state index in [0.717, 1.165) is 0 Å². The van der Waals surface area contributed by atoms with Crippen LogP contribution in [0.25, 0.3) is 0 Å². The maximum absolute atomic E-state index is 12.3. The molecule has 0 aromatic heterocycles. The highest BCUT2D eigenvalue weighted by molar-refractivity contribution is 5.97. The van der Waals surface area contributed by atoms with Gasteiger partial charge in [-0.15, -0.1) is 0 Å². The number of methoxy groups -OCH3 is 1. The maximum atomic E-state index is 12.3. The van der Waals surface area contributed by atoms with E-state index >= 15 is 0 Å². The summed E-state index contributed by atoms with van der Waals surface area (Å²) in [6, 6.07) is 4.55. The number of amides is 1. The first-order chi connectivity index (χ1) is 9.15. The van der Waals surface area contributed by atoms with E-state index in [9.17, 15) is 9.90 Å². The summed E-state index contributed by atoms with van der Waals surface area (Å²) in [5.41, 5.74) is 0.222. The van der Waals surface area contributed by atoms with E-state index < -0.39 is 0 Å². The molecule has 0 radical (unpaired) electrons. The second-order valence-electron chi connectivity index (χ2n) is 4.31. The van der Waals surface area contributed by atoms with Gasteiger partial charge < -0.3 is 24.6 Å². The summed E-state index contributed by atoms with van der Waals surface area (Å²) in [5, 5.41) is 18.9. The van der Waals surface area contributed by atoms with Gasteiger partial charge in [-0.05, 0) is 12.1 Å². The maximum Gasteiger partial charge on any atom is 0.257 e. The molecule has 1 heterocycles. The molecular weight excluding hydrogens is 250 g/mol. The van der Waals surface area contributed by atoms with Gasteiger partial charge in [-0.3, -0.25) is 4.79 Å². The molecule has 1 aromatic rings. The van der Waals surface area contributed by atoms with Gasteiger partial charge in [-0.2, -0.15) is 0 Å². The summed E-state index contributed by atoms with van der Waals surface area (Å²) in [4.78, 5) is 13.8. The molecule has 2 rings (SSSR count). The number of hydrogen-bond acceptors (Lipinski definition) is 5. The lowest BCUT2D eigenvalue weighted by molar-refractivity contribution is -0.0447. The lowest BCUT2D eigenvalue weighted by Gasteiger charge is -2.32. The van der Waals surface area contributed by atoms with Crippen LogP contribution in [-0.2, 0) is 4.74 Å². The zero-order valence-electron chi connectivity index (χ0n) is 10.7. The molecule has 1 saturated heterocycles. The van der Waals surface area contributed by atoms with Crippen molar-refractivity contribution < 1.29 is 24.5 Å². The van der Waals surface area contributed by atoms with Gasteiger partial charge in [0.05, 0.1) is 32.0 Å². The second kappa shape index (κ2) is 5.90. The lowest BCUT2D eigenvalue weighted by Crippen LogP contribution is -2.46. The fourth-order valence-corrected chi connectivity index (χ4v) is 2.00. The highest BCUT2D eigenvalue weighted by Crippen LogP contribution is 2.25. The molecule has 1 atom stereocenters. The summed E-state index contributed by atoms with van der Waals surface area (Å²) in [6.45, 7) is 1.02. The van der Waals surface area contributed by atoms with Crippen LogP contribution < -0.4 is 4.74 Å². The molecule has 1 aliphatic rings. The Bertz CT molecular complexity index is 462. The SMILES string of the molecule is COc1ccc(C(=O)N2CCOC(CO)C2)c(O)c1. The topological polar surface area (TPSA) is 79.2 Å². The Morgan fingerprint density at radius 1 is 1.58 bits per heavy atom. The molecule has 104 valence electrons. The molecule has 19 heavy (non-hydrogen) atoms. The lowest BCUT2D eigenvalue weighted by atomic mass is 10.1. The molecule has 1 aromatic carbocycles. The number of phenols is 1. The number of ether oxygens (including phenoxy) is 2. The highest BCUT2D eigenvalue weighted by atomic mass is 16.5. The molecule has 1 amide bonds. The third-order valence-electron chi connectivity index (χ3n) is 3.06. The third kappa shape index (κ3) is 2.97. The van der Waals surface area contributed by atoms with Crippen LogP contribution in [0.4, 0.5) is 0 Å². The second-order valence-corrected chi connectivity index (χ2v) is 4.31. The monoisotopic (exact) mass is 267 g/mol. The van der Waals surface area contributed by atoms with E-state index in [0.29, 0.717) is 25.4 Å². The number of morpholine rings is 1. The number of carbonyl (C=O) groups is 1. The van der Waals surface area contributed by atoms with Gasteiger partial charge in [0.2, 0.25) is 0 Å². The van der Waals surface area contributed by atoms with Gasteiger partial charge >= 0.3 is 0 Å². The first kappa shape index (κ1) is 13.6. The van der Waals surface area contributed by atoms with Gasteiger partial charge in [-0.1, -0.05) is 0 Å². The van der Waals surface area contributed by atoms with Crippen molar-refractivity contribution in [3.05, 3.63) is 23.8 Å². The number of rotatable bonds is 3. The molecule has 0 saturated carbocycles. The van der Waals surface area contributed by atoms with Crippen molar-refractivity contribution in [1.29, 1.82) is 0 Å². The van der Waals surface area contributed by atoms with Crippen molar-refractivity contribution in [1.82, 2.24) is 4.90 Å². The van der Waals surface area contributed by atoms with Gasteiger partial charge in [0, 0.05) is 19.2 Å². The molecule has 2 N–H and O–H groups in total. The summed E-state index contributed by atoms with van der Waals surface area (Å²) >= 11 is 0. The van der Waals surface area contributed by atoms with Crippen LogP contribution in [0, 0.1) is 0 Å². The molecule has 1 unspecified atom stereocenters. The Hall–Kier alpha value is -1.79. The van der Waals surface area contributed by atoms with E-state index in [1.807, 2.05) is 0 Å². The Balaban J connectivity index is 2.15. The number of aromatic hydroxyl groups is 1. The van der Waals surface area contributed by atoms with Crippen molar-refractivity contribution in [3.63, 3.8) is 0 Å². The summed E-state index contributed by atoms with van der Waals surface area (Å²) in [6.07, 6.45) is -0.363. The molecule has 0 spiro atoms. The number of aliphatic hydroxyl groups excluding tert-OH is 1. The molecule has 6 nitrogen and oxygen atoms in total. The normalized spacial score (nSPS) is 19.3. The Morgan fingerprint density at radius 3 is 3.00 bits per heavy atom. The first-order valence-electron chi connectivity index (χ1n) is 6.04. The van der Waals surface area contributed by atoms with Crippen LogP contribution in [0.3, 0.4) is 0 Å². The molecule has 1 fully saturated rings. The fraction of sp³-hybridized carbons (Fsp3) is 0.462. The van der Waals surface area contributed by atoms with E-state index in [1.54, 1.807) is 11.0 Å². The van der Waals surface area contributed by atoms with Gasteiger partial charge in [0.25, 0.3) is 5.91 Å². The van der Waals surface area contributed by atoms with Gasteiger partial charge in [0.15, 0.2) is 0 Å². The van der Waals surface area contributed by atoms with Crippen LogP contribution in [0.15, 0.2) is 18.2 Å². The average Bonchev–Trinajstić information content (AvgIpc) is 2.46. The zero-order chi connectivity index (χ0) is 13.8. The van der Waals surface area contributed by atoms with Crippen molar-refractivity contribution >= 4 is 5.91 Å². The van der Waals surface area contributed by atoms with Crippen LogP contribution in [0.5, 0.6) is 11.5 Å². The number of aliphatic hydroxyl groups is 1. The predicted octanol–water partition coefficient (Wildman–Crippen LogP) is 0.234. The van der Waals surface area contributed by atoms with Crippen LogP contribution in [0.2, 0.25) is 0 Å². The Kier molecular flexibility index (Phi) is 4.24. The summed E-state index contributed by atoms with van der Waals surface area (Å²) in [5.74, 6) is 0.0996. The van der Waals surface area contributed by atoms with E-state index in [2.05, 4.69) is 0 Å². The number of phenolic OH excluding ortho intramolecular Hbond substituents is 1. The first-order valence-corrected chi connectivity index (χ1v) is 6.04. The van der Waals surface area contributed by atoms with Crippen LogP contribution in [0.1, 0.15) is 10.4 Å². The number of benzene rings is 1. The van der Waals surface area contributed by atoms with Gasteiger partial charge in [-0.25, -0.2) is 0 Å². The smallest absolute Gasteiger partial charge is 0.257 e. The highest BCUT2D eigenvalue weighted by Gasteiger charge is 2.26. The number of carbonyl (C=O) groups excluding carboxylic acids is 1. The van der Waals surface area contributed by atoms with Crippen LogP contribution >= 0.6 is 0 Å². The standard InChI is InChI=1S/C13H17NO5/c1-18-9-2-3-11(12(16)6-9)13(17)14-4-5-19-10(7-14)8-15/h2-3,6,10,15-16H,4-5,7-8H2,1H3. The average molecular weight is 267 g/mol. The summed E-state index contributed by atoms with van der Waals surface area (Å²) < 4.78 is 10.3. The quantitative estimate of drug-likeness (QED) is 0.820. The minimum Gasteiger partial charge on any atom is -0.507 e. The third-order valence-corrected chi connectivity index (χ3v) is 3.06. The Morgan fingerprint density at radius 2 is 2.37 bits per heavy atom. The molecular formula is C13H17NO5. The molecule has 0 aliphatic carbocycles. The van der Waals surface area contributed by atoms with Crippen molar-refractivity contribution in [3.8, 4) is 11.5 Å². The van der Waals surface area contributed by atoms with E-state index in [4.69, 9.17) is 14.6 Å². The van der Waals surface area contributed by atoms with E-state index in [1.165, 1.54) is 19.2 Å². The minimum absolute atomic E-state index is 0.114. The largest absolute Gasteiger partial charge is 0.507 e. The predicted molar refractivity (Wildman–Crippen MR) is 67.4 cm³/mol. The number of nitrogens with zero attached hydrogens (tertiary/aromatic N) is 1. The van der Waals surface area contributed by atoms with Crippen molar-refractivity contribution in [2.24, 2.45) is 0 Å². The zero-order valence-corrected chi connectivity index (χ0v) is 10.7.